The number of aromatic nitrogens is 2. The van der Waals surface area contributed by atoms with Crippen LogP contribution in [0.5, 0.6) is 0 Å². The van der Waals surface area contributed by atoms with Crippen molar-refractivity contribution in [3.8, 4) is 39.3 Å². The number of fused-ring (bicyclic) bond motifs is 7. The van der Waals surface area contributed by atoms with Gasteiger partial charge in [-0.05, 0) is 76.5 Å². The second-order valence-corrected chi connectivity index (χ2v) is 13.5. The molecule has 224 valence electrons. The summed E-state index contributed by atoms with van der Waals surface area (Å²) >= 11 is 1.88. The Hall–Kier alpha value is -6.03. The summed E-state index contributed by atoms with van der Waals surface area (Å²) in [7, 11) is 0. The van der Waals surface area contributed by atoms with Crippen molar-refractivity contribution < 1.29 is 0 Å². The molecule has 10 rings (SSSR count). The van der Waals surface area contributed by atoms with Crippen molar-refractivity contribution in [2.75, 3.05) is 0 Å². The van der Waals surface area contributed by atoms with Gasteiger partial charge in [-0.3, -0.25) is 0 Å². The fraction of sp³-hybridized carbons (Fsp3) is 0. The molecule has 0 N–H and O–H groups in total. The Kier molecular flexibility index (Phi) is 6.08. The second kappa shape index (κ2) is 10.8. The molecule has 0 atom stereocenters. The fourth-order valence-corrected chi connectivity index (χ4v) is 8.34. The van der Waals surface area contributed by atoms with E-state index in [1.165, 1.54) is 52.8 Å². The van der Waals surface area contributed by atoms with Crippen LogP contribution < -0.4 is 0 Å². The zero-order chi connectivity index (χ0) is 31.6. The smallest absolute Gasteiger partial charge is 0.0715 e. The molecule has 2 nitrogen and oxygen atoms in total. The standard InChI is InChI=1S/C45H28N2S/c1-3-11-30(12-4-1)40-24-34(25-41(46-40)31-13-5-2-6-14-31)29-19-21-35(22-20-29)47-42-26-33-16-8-7-15-32(33)23-37(42)38-28-45-39(27-43(38)47)36-17-9-10-18-44(36)48-45/h1-28H. The normalized spacial score (nSPS) is 11.8. The molecule has 0 saturated heterocycles. The summed E-state index contributed by atoms with van der Waals surface area (Å²) in [5.41, 5.74) is 10.1. The van der Waals surface area contributed by atoms with Crippen molar-refractivity contribution in [2.45, 2.75) is 0 Å². The predicted molar refractivity (Wildman–Crippen MR) is 205 cm³/mol. The number of thiophene rings is 1. The molecule has 0 bridgehead atoms. The maximum Gasteiger partial charge on any atom is 0.0715 e. The number of hydrogen-bond donors (Lipinski definition) is 0. The Balaban J connectivity index is 1.18. The monoisotopic (exact) mass is 628 g/mol. The lowest BCUT2D eigenvalue weighted by Crippen LogP contribution is -1.95. The van der Waals surface area contributed by atoms with Gasteiger partial charge in [0.25, 0.3) is 0 Å². The molecule has 0 aliphatic carbocycles. The van der Waals surface area contributed by atoms with Crippen molar-refractivity contribution in [3.05, 3.63) is 170 Å². The van der Waals surface area contributed by atoms with Crippen LogP contribution in [0, 0.1) is 0 Å². The van der Waals surface area contributed by atoms with Gasteiger partial charge in [-0.25, -0.2) is 4.98 Å². The van der Waals surface area contributed by atoms with Gasteiger partial charge in [0.1, 0.15) is 0 Å². The Bertz CT molecular complexity index is 2750. The first-order valence-electron chi connectivity index (χ1n) is 16.3. The van der Waals surface area contributed by atoms with E-state index in [4.69, 9.17) is 4.98 Å². The van der Waals surface area contributed by atoms with Crippen molar-refractivity contribution in [2.24, 2.45) is 0 Å². The first-order chi connectivity index (χ1) is 23.8. The minimum atomic E-state index is 0.970. The fourth-order valence-electron chi connectivity index (χ4n) is 7.21. The third-order valence-electron chi connectivity index (χ3n) is 9.55. The summed E-state index contributed by atoms with van der Waals surface area (Å²) in [6.07, 6.45) is 0. The van der Waals surface area contributed by atoms with Gasteiger partial charge >= 0.3 is 0 Å². The molecule has 0 aliphatic heterocycles. The SMILES string of the molecule is c1ccc(-c2cc(-c3ccc(-n4c5cc6ccccc6cc5c5cc6sc7ccccc7c6cc54)cc3)cc(-c3ccccc3)n2)cc1. The lowest BCUT2D eigenvalue weighted by molar-refractivity contribution is 1.18. The van der Waals surface area contributed by atoms with Gasteiger partial charge in [-0.15, -0.1) is 11.3 Å². The average Bonchev–Trinajstić information content (AvgIpc) is 3.67. The van der Waals surface area contributed by atoms with Crippen LogP contribution in [-0.4, -0.2) is 9.55 Å². The van der Waals surface area contributed by atoms with Gasteiger partial charge in [0.15, 0.2) is 0 Å². The van der Waals surface area contributed by atoms with E-state index in [0.29, 0.717) is 0 Å². The van der Waals surface area contributed by atoms with Crippen molar-refractivity contribution in [1.29, 1.82) is 0 Å². The maximum atomic E-state index is 5.09. The molecular weight excluding hydrogens is 601 g/mol. The molecule has 0 spiro atoms. The first-order valence-corrected chi connectivity index (χ1v) is 17.1. The Labute approximate surface area is 281 Å². The van der Waals surface area contributed by atoms with Crippen LogP contribution in [0.1, 0.15) is 0 Å². The molecular formula is C45H28N2S. The molecule has 3 heterocycles. The van der Waals surface area contributed by atoms with E-state index in [2.05, 4.69) is 162 Å². The van der Waals surface area contributed by atoms with Crippen LogP contribution in [0.3, 0.4) is 0 Å². The van der Waals surface area contributed by atoms with Crippen molar-refractivity contribution in [1.82, 2.24) is 9.55 Å². The summed E-state index contributed by atoms with van der Waals surface area (Å²) < 4.78 is 5.10. The maximum absolute atomic E-state index is 5.09. The molecule has 3 aromatic heterocycles. The van der Waals surface area contributed by atoms with Gasteiger partial charge in [-0.2, -0.15) is 0 Å². The van der Waals surface area contributed by atoms with E-state index in [9.17, 15) is 0 Å². The quantitative estimate of drug-likeness (QED) is 0.190. The van der Waals surface area contributed by atoms with Gasteiger partial charge in [-0.1, -0.05) is 115 Å². The van der Waals surface area contributed by atoms with Crippen LogP contribution in [0.4, 0.5) is 0 Å². The Morgan fingerprint density at radius 1 is 0.375 bits per heavy atom. The van der Waals surface area contributed by atoms with E-state index in [-0.39, 0.29) is 0 Å². The molecule has 0 amide bonds. The number of pyridine rings is 1. The summed E-state index contributed by atoms with van der Waals surface area (Å²) in [5.74, 6) is 0. The Morgan fingerprint density at radius 2 is 0.958 bits per heavy atom. The average molecular weight is 629 g/mol. The molecule has 3 heteroatoms. The minimum absolute atomic E-state index is 0.970. The highest BCUT2D eigenvalue weighted by Gasteiger charge is 2.17. The first kappa shape index (κ1) is 27.1. The van der Waals surface area contributed by atoms with Gasteiger partial charge < -0.3 is 4.57 Å². The second-order valence-electron chi connectivity index (χ2n) is 12.4. The highest BCUT2D eigenvalue weighted by Crippen LogP contribution is 2.42. The van der Waals surface area contributed by atoms with Gasteiger partial charge in [0, 0.05) is 47.8 Å². The number of rotatable bonds is 4. The number of hydrogen-bond acceptors (Lipinski definition) is 2. The summed E-state index contributed by atoms with van der Waals surface area (Å²) in [6.45, 7) is 0. The zero-order valence-electron chi connectivity index (χ0n) is 26.0. The molecule has 0 radical (unpaired) electrons. The molecule has 0 unspecified atom stereocenters. The lowest BCUT2D eigenvalue weighted by Gasteiger charge is -2.12. The van der Waals surface area contributed by atoms with Gasteiger partial charge in [0.2, 0.25) is 0 Å². The zero-order valence-corrected chi connectivity index (χ0v) is 26.8. The number of benzene rings is 7. The molecule has 0 aliphatic rings. The molecule has 48 heavy (non-hydrogen) atoms. The van der Waals surface area contributed by atoms with E-state index in [1.54, 1.807) is 0 Å². The predicted octanol–water partition coefficient (Wildman–Crippen LogP) is 12.7. The highest BCUT2D eigenvalue weighted by atomic mass is 32.1. The summed E-state index contributed by atoms with van der Waals surface area (Å²) in [6, 6.07) is 61.3. The van der Waals surface area contributed by atoms with Crippen LogP contribution in [-0.2, 0) is 0 Å². The Morgan fingerprint density at radius 3 is 1.67 bits per heavy atom. The number of nitrogens with zero attached hydrogens (tertiary/aromatic N) is 2. The molecule has 10 aromatic rings. The lowest BCUT2D eigenvalue weighted by atomic mass is 10.00. The van der Waals surface area contributed by atoms with Gasteiger partial charge in [0.05, 0.1) is 22.4 Å². The van der Waals surface area contributed by atoms with Crippen LogP contribution in [0.25, 0.3) is 92.1 Å². The third kappa shape index (κ3) is 4.36. The molecule has 0 fully saturated rings. The minimum Gasteiger partial charge on any atom is -0.309 e. The van der Waals surface area contributed by atoms with Crippen LogP contribution in [0.2, 0.25) is 0 Å². The molecule has 0 saturated carbocycles. The van der Waals surface area contributed by atoms with Crippen molar-refractivity contribution in [3.63, 3.8) is 0 Å². The van der Waals surface area contributed by atoms with Crippen molar-refractivity contribution >= 4 is 64.1 Å². The van der Waals surface area contributed by atoms with E-state index in [1.807, 2.05) is 23.5 Å². The van der Waals surface area contributed by atoms with E-state index < -0.39 is 0 Å². The summed E-state index contributed by atoms with van der Waals surface area (Å²) in [4.78, 5) is 5.09. The highest BCUT2D eigenvalue weighted by molar-refractivity contribution is 7.25. The third-order valence-corrected chi connectivity index (χ3v) is 10.7. The van der Waals surface area contributed by atoms with Crippen LogP contribution >= 0.6 is 11.3 Å². The van der Waals surface area contributed by atoms with E-state index in [0.717, 1.165) is 39.3 Å². The molecule has 7 aromatic carbocycles. The summed E-state index contributed by atoms with van der Waals surface area (Å²) in [5, 5.41) is 7.70. The largest absolute Gasteiger partial charge is 0.309 e. The van der Waals surface area contributed by atoms with Crippen LogP contribution in [0.15, 0.2) is 170 Å². The topological polar surface area (TPSA) is 17.8 Å². The van der Waals surface area contributed by atoms with E-state index >= 15 is 0 Å².